The van der Waals surface area contributed by atoms with E-state index in [1.807, 2.05) is 60.7 Å². The number of amides is 1. The molecule has 0 unspecified atom stereocenters. The Morgan fingerprint density at radius 1 is 1.00 bits per heavy atom. The van der Waals surface area contributed by atoms with Crippen LogP contribution < -0.4 is 10.1 Å². The highest BCUT2D eigenvalue weighted by atomic mass is 32.2. The topological polar surface area (TPSA) is 50.7 Å². The second-order valence-electron chi connectivity index (χ2n) is 5.79. The van der Waals surface area contributed by atoms with Gasteiger partial charge in [0.2, 0.25) is 0 Å². The summed E-state index contributed by atoms with van der Waals surface area (Å²) in [5, 5.41) is 5.70. The maximum atomic E-state index is 12.2. The predicted molar refractivity (Wildman–Crippen MR) is 108 cm³/mol. The van der Waals surface area contributed by atoms with Gasteiger partial charge in [0, 0.05) is 0 Å². The number of fused-ring (bicyclic) bond motifs is 1. The minimum atomic E-state index is -0.134. The van der Waals surface area contributed by atoms with Crippen LogP contribution in [-0.2, 0) is 4.79 Å². The van der Waals surface area contributed by atoms with E-state index in [4.69, 9.17) is 4.74 Å². The summed E-state index contributed by atoms with van der Waals surface area (Å²) in [5.41, 5.74) is 1.76. The number of nitrogens with zero attached hydrogens (tertiary/aromatic N) is 1. The summed E-state index contributed by atoms with van der Waals surface area (Å²) in [6.07, 6.45) is 1.85. The molecule has 1 fully saturated rings. The minimum absolute atomic E-state index is 0.134. The molecule has 1 aliphatic rings. The molecule has 4 nitrogen and oxygen atoms in total. The summed E-state index contributed by atoms with van der Waals surface area (Å²) in [7, 11) is 1.63. The molecule has 0 atom stereocenters. The van der Waals surface area contributed by atoms with Crippen LogP contribution in [0.5, 0.6) is 5.75 Å². The summed E-state index contributed by atoms with van der Waals surface area (Å²) in [4.78, 5) is 17.4. The fourth-order valence-electron chi connectivity index (χ4n) is 2.70. The van der Waals surface area contributed by atoms with Crippen molar-refractivity contribution in [2.45, 2.75) is 0 Å². The summed E-state index contributed by atoms with van der Waals surface area (Å²) < 4.78 is 5.15. The van der Waals surface area contributed by atoms with E-state index in [0.29, 0.717) is 10.1 Å². The van der Waals surface area contributed by atoms with E-state index in [0.717, 1.165) is 22.4 Å². The fourth-order valence-corrected chi connectivity index (χ4v) is 3.54. The van der Waals surface area contributed by atoms with Crippen molar-refractivity contribution in [1.29, 1.82) is 0 Å². The Morgan fingerprint density at radius 2 is 1.77 bits per heavy atom. The first-order valence-corrected chi connectivity index (χ1v) is 8.95. The summed E-state index contributed by atoms with van der Waals surface area (Å²) in [6, 6.07) is 21.7. The molecule has 3 aromatic rings. The first-order chi connectivity index (χ1) is 12.7. The number of carbonyl (C=O) groups excluding carboxylic acids is 1. The lowest BCUT2D eigenvalue weighted by atomic mass is 10.1. The van der Waals surface area contributed by atoms with Crippen LogP contribution in [0.3, 0.4) is 0 Å². The Balaban J connectivity index is 1.57. The number of rotatable bonds is 3. The number of amidine groups is 1. The standard InChI is InChI=1S/C21H16N2O2S/c1-25-18-10-6-14(7-11-18)12-19-20(24)23-21(26-19)22-17-9-8-15-4-2-3-5-16(15)13-17/h2-13H,1H3,(H,22,23,24)/b19-12-. The van der Waals surface area contributed by atoms with Crippen molar-refractivity contribution in [3.63, 3.8) is 0 Å². The van der Waals surface area contributed by atoms with Crippen LogP contribution in [-0.4, -0.2) is 18.2 Å². The maximum absolute atomic E-state index is 12.2. The molecule has 0 bridgehead atoms. The molecule has 1 N–H and O–H groups in total. The zero-order valence-corrected chi connectivity index (χ0v) is 14.9. The monoisotopic (exact) mass is 360 g/mol. The van der Waals surface area contributed by atoms with Crippen LogP contribution in [0.25, 0.3) is 16.8 Å². The van der Waals surface area contributed by atoms with Crippen LogP contribution >= 0.6 is 11.8 Å². The van der Waals surface area contributed by atoms with E-state index in [-0.39, 0.29) is 5.91 Å². The van der Waals surface area contributed by atoms with Crippen molar-refractivity contribution < 1.29 is 9.53 Å². The average molecular weight is 360 g/mol. The molecular weight excluding hydrogens is 344 g/mol. The minimum Gasteiger partial charge on any atom is -0.497 e. The number of thioether (sulfide) groups is 1. The number of ether oxygens (including phenoxy) is 1. The lowest BCUT2D eigenvalue weighted by molar-refractivity contribution is -0.115. The van der Waals surface area contributed by atoms with Gasteiger partial charge in [-0.25, -0.2) is 4.99 Å². The summed E-state index contributed by atoms with van der Waals surface area (Å²) >= 11 is 1.34. The molecule has 4 rings (SSSR count). The molecule has 0 aromatic heterocycles. The lowest BCUT2D eigenvalue weighted by Gasteiger charge is -2.00. The zero-order valence-electron chi connectivity index (χ0n) is 14.1. The number of hydrogen-bond acceptors (Lipinski definition) is 4. The van der Waals surface area contributed by atoms with Crippen LogP contribution in [0, 0.1) is 0 Å². The Labute approximate surface area is 155 Å². The summed E-state index contributed by atoms with van der Waals surface area (Å²) in [6.45, 7) is 0. The van der Waals surface area contributed by atoms with Crippen LogP contribution in [0.15, 0.2) is 76.6 Å². The van der Waals surface area contributed by atoms with Crippen molar-refractivity contribution in [3.05, 3.63) is 77.2 Å². The van der Waals surface area contributed by atoms with Gasteiger partial charge < -0.3 is 10.1 Å². The molecule has 1 aliphatic heterocycles. The molecule has 128 valence electrons. The third-order valence-corrected chi connectivity index (χ3v) is 4.94. The Kier molecular flexibility index (Phi) is 4.46. The largest absolute Gasteiger partial charge is 0.497 e. The van der Waals surface area contributed by atoms with Crippen molar-refractivity contribution in [1.82, 2.24) is 5.32 Å². The maximum Gasteiger partial charge on any atom is 0.264 e. The number of aliphatic imine (C=N–C) groups is 1. The van der Waals surface area contributed by atoms with E-state index < -0.39 is 0 Å². The van der Waals surface area contributed by atoms with Crippen molar-refractivity contribution in [3.8, 4) is 5.75 Å². The molecule has 26 heavy (non-hydrogen) atoms. The molecule has 1 saturated heterocycles. The lowest BCUT2D eigenvalue weighted by Crippen LogP contribution is -2.19. The van der Waals surface area contributed by atoms with Crippen molar-refractivity contribution >= 4 is 45.4 Å². The van der Waals surface area contributed by atoms with E-state index in [1.54, 1.807) is 7.11 Å². The van der Waals surface area contributed by atoms with Gasteiger partial charge in [0.05, 0.1) is 17.7 Å². The molecule has 1 heterocycles. The Hall–Kier alpha value is -3.05. The predicted octanol–water partition coefficient (Wildman–Crippen LogP) is 4.74. The van der Waals surface area contributed by atoms with Crippen molar-refractivity contribution in [2.24, 2.45) is 4.99 Å². The molecule has 0 radical (unpaired) electrons. The molecule has 3 aromatic carbocycles. The average Bonchev–Trinajstić information content (AvgIpc) is 3.01. The molecule has 1 amide bonds. The third kappa shape index (κ3) is 3.48. The number of carbonyl (C=O) groups is 1. The van der Waals surface area contributed by atoms with Gasteiger partial charge in [0.1, 0.15) is 5.75 Å². The van der Waals surface area contributed by atoms with Gasteiger partial charge in [-0.2, -0.15) is 0 Å². The van der Waals surface area contributed by atoms with E-state index in [2.05, 4.69) is 22.4 Å². The van der Waals surface area contributed by atoms with Gasteiger partial charge in [-0.05, 0) is 58.4 Å². The van der Waals surface area contributed by atoms with Crippen LogP contribution in [0.4, 0.5) is 5.69 Å². The second-order valence-corrected chi connectivity index (χ2v) is 6.82. The van der Waals surface area contributed by atoms with Crippen LogP contribution in [0.2, 0.25) is 0 Å². The molecule has 0 spiro atoms. The van der Waals surface area contributed by atoms with Gasteiger partial charge in [0.25, 0.3) is 5.91 Å². The smallest absolute Gasteiger partial charge is 0.264 e. The van der Waals surface area contributed by atoms with Gasteiger partial charge >= 0.3 is 0 Å². The fraction of sp³-hybridized carbons (Fsp3) is 0.0476. The third-order valence-electron chi connectivity index (χ3n) is 4.03. The first kappa shape index (κ1) is 16.4. The van der Waals surface area contributed by atoms with Gasteiger partial charge in [-0.15, -0.1) is 0 Å². The number of benzene rings is 3. The number of nitrogens with one attached hydrogen (secondary N) is 1. The Morgan fingerprint density at radius 3 is 2.54 bits per heavy atom. The zero-order chi connectivity index (χ0) is 17.9. The highest BCUT2D eigenvalue weighted by molar-refractivity contribution is 8.18. The first-order valence-electron chi connectivity index (χ1n) is 8.14. The normalized spacial score (nSPS) is 17.0. The quantitative estimate of drug-likeness (QED) is 0.687. The number of hydrogen-bond donors (Lipinski definition) is 1. The van der Waals surface area contributed by atoms with Gasteiger partial charge in [-0.3, -0.25) is 4.79 Å². The SMILES string of the molecule is COc1ccc(/C=C2\SC(=Nc3ccc4ccccc4c3)NC2=O)cc1. The highest BCUT2D eigenvalue weighted by Crippen LogP contribution is 2.29. The molecule has 0 saturated carbocycles. The molecule has 0 aliphatic carbocycles. The molecular formula is C21H16N2O2S. The van der Waals surface area contributed by atoms with E-state index in [1.165, 1.54) is 17.1 Å². The van der Waals surface area contributed by atoms with Crippen molar-refractivity contribution in [2.75, 3.05) is 7.11 Å². The second kappa shape index (κ2) is 7.06. The summed E-state index contributed by atoms with van der Waals surface area (Å²) in [5.74, 6) is 0.652. The van der Waals surface area contributed by atoms with E-state index in [9.17, 15) is 4.79 Å². The van der Waals surface area contributed by atoms with Crippen LogP contribution in [0.1, 0.15) is 5.56 Å². The number of methoxy groups -OCH3 is 1. The van der Waals surface area contributed by atoms with Gasteiger partial charge in [-0.1, -0.05) is 42.5 Å². The van der Waals surface area contributed by atoms with Gasteiger partial charge in [0.15, 0.2) is 5.17 Å². The molecule has 5 heteroatoms. The Bertz CT molecular complexity index is 1040. The van der Waals surface area contributed by atoms with E-state index >= 15 is 0 Å². The highest BCUT2D eigenvalue weighted by Gasteiger charge is 2.23.